The van der Waals surface area contributed by atoms with E-state index in [0.717, 1.165) is 12.1 Å². The van der Waals surface area contributed by atoms with E-state index in [9.17, 15) is 13.2 Å². The van der Waals surface area contributed by atoms with Crippen LogP contribution in [0.5, 0.6) is 5.75 Å². The molecule has 1 N–H and O–H groups in total. The van der Waals surface area contributed by atoms with Gasteiger partial charge >= 0.3 is 0 Å². The highest BCUT2D eigenvalue weighted by Crippen LogP contribution is 2.30. The number of rotatable bonds is 4. The molecule has 1 atom stereocenters. The molecule has 0 saturated carbocycles. The molecular formula is C15H14F3NO. The van der Waals surface area contributed by atoms with E-state index in [0.29, 0.717) is 17.0 Å². The van der Waals surface area contributed by atoms with Gasteiger partial charge in [0, 0.05) is 11.8 Å². The van der Waals surface area contributed by atoms with Crippen LogP contribution in [0.3, 0.4) is 0 Å². The molecule has 0 aliphatic rings. The number of nitrogens with one attached hydrogen (secondary N) is 1. The second-order valence-electron chi connectivity index (χ2n) is 4.35. The first-order chi connectivity index (χ1) is 9.52. The molecule has 0 aliphatic heterocycles. The fourth-order valence-corrected chi connectivity index (χ4v) is 2.02. The molecule has 0 bridgehead atoms. The van der Waals surface area contributed by atoms with E-state index < -0.39 is 23.5 Å². The predicted molar refractivity (Wildman–Crippen MR) is 71.3 cm³/mol. The monoisotopic (exact) mass is 281 g/mol. The van der Waals surface area contributed by atoms with Crippen LogP contribution in [0.4, 0.5) is 18.9 Å². The van der Waals surface area contributed by atoms with Crippen molar-refractivity contribution in [2.75, 3.05) is 12.4 Å². The maximum Gasteiger partial charge on any atom is 0.160 e. The fourth-order valence-electron chi connectivity index (χ4n) is 2.02. The van der Waals surface area contributed by atoms with Gasteiger partial charge in [-0.25, -0.2) is 13.2 Å². The molecular weight excluding hydrogens is 267 g/mol. The minimum atomic E-state index is -0.956. The quantitative estimate of drug-likeness (QED) is 0.902. The van der Waals surface area contributed by atoms with Crippen LogP contribution in [-0.4, -0.2) is 7.11 Å². The molecule has 5 heteroatoms. The van der Waals surface area contributed by atoms with E-state index in [1.807, 2.05) is 0 Å². The van der Waals surface area contributed by atoms with Crippen molar-refractivity contribution < 1.29 is 17.9 Å². The smallest absolute Gasteiger partial charge is 0.160 e. The van der Waals surface area contributed by atoms with Gasteiger partial charge in [-0.3, -0.25) is 0 Å². The molecule has 20 heavy (non-hydrogen) atoms. The van der Waals surface area contributed by atoms with E-state index in [-0.39, 0.29) is 0 Å². The lowest BCUT2D eigenvalue weighted by Gasteiger charge is -2.19. The van der Waals surface area contributed by atoms with Crippen molar-refractivity contribution in [1.29, 1.82) is 0 Å². The molecule has 0 radical (unpaired) electrons. The minimum absolute atomic E-state index is 0.333. The molecule has 0 heterocycles. The third kappa shape index (κ3) is 2.87. The summed E-state index contributed by atoms with van der Waals surface area (Å²) in [4.78, 5) is 0. The van der Waals surface area contributed by atoms with Gasteiger partial charge in [0.15, 0.2) is 11.6 Å². The number of anilines is 1. The lowest BCUT2D eigenvalue weighted by molar-refractivity contribution is 0.402. The Morgan fingerprint density at radius 1 is 1.00 bits per heavy atom. The normalized spacial score (nSPS) is 12.1. The third-order valence-electron chi connectivity index (χ3n) is 2.97. The van der Waals surface area contributed by atoms with E-state index in [2.05, 4.69) is 5.32 Å². The highest BCUT2D eigenvalue weighted by atomic mass is 19.2. The molecule has 2 rings (SSSR count). The Bertz CT molecular complexity index is 616. The van der Waals surface area contributed by atoms with Gasteiger partial charge in [-0.05, 0) is 31.2 Å². The van der Waals surface area contributed by atoms with E-state index in [4.69, 9.17) is 4.74 Å². The van der Waals surface area contributed by atoms with Gasteiger partial charge in [0.25, 0.3) is 0 Å². The molecule has 0 fully saturated rings. The van der Waals surface area contributed by atoms with Gasteiger partial charge in [0.2, 0.25) is 0 Å². The Labute approximate surface area is 115 Å². The summed E-state index contributed by atoms with van der Waals surface area (Å²) in [5, 5.41) is 2.92. The fraction of sp³-hybridized carbons (Fsp3) is 0.200. The predicted octanol–water partition coefficient (Wildman–Crippen LogP) is 4.29. The van der Waals surface area contributed by atoms with Gasteiger partial charge in [0.05, 0.1) is 18.7 Å². The Morgan fingerprint density at radius 3 is 2.40 bits per heavy atom. The van der Waals surface area contributed by atoms with Crippen LogP contribution < -0.4 is 10.1 Å². The standard InChI is InChI=1S/C15H14F3NO/c1-9(15-12(17)4-3-5-14(15)20-2)19-10-6-7-11(16)13(18)8-10/h3-9,19H,1-2H3. The molecule has 0 aromatic heterocycles. The zero-order valence-electron chi connectivity index (χ0n) is 11.1. The van der Waals surface area contributed by atoms with Crippen LogP contribution in [0.2, 0.25) is 0 Å². The second kappa shape index (κ2) is 5.86. The van der Waals surface area contributed by atoms with Crippen molar-refractivity contribution in [3.05, 3.63) is 59.4 Å². The van der Waals surface area contributed by atoms with Crippen LogP contribution in [0.1, 0.15) is 18.5 Å². The highest BCUT2D eigenvalue weighted by Gasteiger charge is 2.16. The number of halogens is 3. The third-order valence-corrected chi connectivity index (χ3v) is 2.97. The largest absolute Gasteiger partial charge is 0.496 e. The van der Waals surface area contributed by atoms with E-state index in [1.165, 1.54) is 19.2 Å². The topological polar surface area (TPSA) is 21.3 Å². The van der Waals surface area contributed by atoms with Crippen LogP contribution in [0.15, 0.2) is 36.4 Å². The van der Waals surface area contributed by atoms with Crippen molar-refractivity contribution >= 4 is 5.69 Å². The lowest BCUT2D eigenvalue weighted by Crippen LogP contribution is -2.10. The summed E-state index contributed by atoms with van der Waals surface area (Å²) in [7, 11) is 1.45. The van der Waals surface area contributed by atoms with Gasteiger partial charge in [-0.15, -0.1) is 0 Å². The van der Waals surface area contributed by atoms with Crippen LogP contribution in [0.25, 0.3) is 0 Å². The Morgan fingerprint density at radius 2 is 1.75 bits per heavy atom. The van der Waals surface area contributed by atoms with E-state index in [1.54, 1.807) is 19.1 Å². The van der Waals surface area contributed by atoms with E-state index >= 15 is 0 Å². The van der Waals surface area contributed by atoms with Crippen LogP contribution in [-0.2, 0) is 0 Å². The highest BCUT2D eigenvalue weighted by molar-refractivity contribution is 5.48. The minimum Gasteiger partial charge on any atom is -0.496 e. The van der Waals surface area contributed by atoms with Gasteiger partial charge < -0.3 is 10.1 Å². The summed E-state index contributed by atoms with van der Waals surface area (Å²) in [6.07, 6.45) is 0. The van der Waals surface area contributed by atoms with Crippen molar-refractivity contribution in [2.45, 2.75) is 13.0 Å². The summed E-state index contributed by atoms with van der Waals surface area (Å²) >= 11 is 0. The maximum absolute atomic E-state index is 13.9. The molecule has 1 unspecified atom stereocenters. The summed E-state index contributed by atoms with van der Waals surface area (Å²) in [6, 6.07) is 7.48. The molecule has 0 aliphatic carbocycles. The summed E-state index contributed by atoms with van der Waals surface area (Å²) in [5.41, 5.74) is 0.696. The average molecular weight is 281 g/mol. The first-order valence-electron chi connectivity index (χ1n) is 6.07. The molecule has 0 saturated heterocycles. The molecule has 2 aromatic carbocycles. The van der Waals surface area contributed by atoms with Crippen molar-refractivity contribution in [3.8, 4) is 5.75 Å². The summed E-state index contributed by atoms with van der Waals surface area (Å²) < 4.78 is 45.0. The van der Waals surface area contributed by atoms with Gasteiger partial charge in [0.1, 0.15) is 11.6 Å². The van der Waals surface area contributed by atoms with Crippen molar-refractivity contribution in [3.63, 3.8) is 0 Å². The van der Waals surface area contributed by atoms with Crippen molar-refractivity contribution in [2.24, 2.45) is 0 Å². The lowest BCUT2D eigenvalue weighted by atomic mass is 10.1. The Hall–Kier alpha value is -2.17. The van der Waals surface area contributed by atoms with Crippen LogP contribution >= 0.6 is 0 Å². The van der Waals surface area contributed by atoms with Gasteiger partial charge in [-0.1, -0.05) is 6.07 Å². The molecule has 106 valence electrons. The Balaban J connectivity index is 2.28. The molecule has 2 nitrogen and oxygen atoms in total. The SMILES string of the molecule is COc1cccc(F)c1C(C)Nc1ccc(F)c(F)c1. The number of ether oxygens (including phenoxy) is 1. The second-order valence-corrected chi connectivity index (χ2v) is 4.35. The first kappa shape index (κ1) is 14.2. The molecule has 0 spiro atoms. The average Bonchev–Trinajstić information content (AvgIpc) is 2.42. The zero-order chi connectivity index (χ0) is 14.7. The first-order valence-corrected chi connectivity index (χ1v) is 6.07. The number of hydrogen-bond acceptors (Lipinski definition) is 2. The summed E-state index contributed by atoms with van der Waals surface area (Å²) in [5.74, 6) is -1.91. The Kier molecular flexibility index (Phi) is 4.17. The number of hydrogen-bond donors (Lipinski definition) is 1. The van der Waals surface area contributed by atoms with Crippen molar-refractivity contribution in [1.82, 2.24) is 0 Å². The zero-order valence-corrected chi connectivity index (χ0v) is 11.1. The van der Waals surface area contributed by atoms with Gasteiger partial charge in [-0.2, -0.15) is 0 Å². The summed E-state index contributed by atoms with van der Waals surface area (Å²) in [6.45, 7) is 1.71. The van der Waals surface area contributed by atoms with Crippen LogP contribution in [0, 0.1) is 17.5 Å². The molecule has 2 aromatic rings. The molecule has 0 amide bonds. The maximum atomic E-state index is 13.9. The number of benzene rings is 2. The number of methoxy groups -OCH3 is 1.